The number of phenols is 1. The molecule has 0 bridgehead atoms. The summed E-state index contributed by atoms with van der Waals surface area (Å²) in [4.78, 5) is 0. The molecule has 1 N–H and O–H groups in total. The summed E-state index contributed by atoms with van der Waals surface area (Å²) >= 11 is 3.53. The van der Waals surface area contributed by atoms with Crippen LogP contribution >= 0.6 is 23.5 Å². The molecule has 0 radical (unpaired) electrons. The molecule has 5 nitrogen and oxygen atoms in total. The van der Waals surface area contributed by atoms with Gasteiger partial charge in [-0.3, -0.25) is 9.09 Å². The van der Waals surface area contributed by atoms with Crippen LogP contribution in [0.2, 0.25) is 0 Å². The van der Waals surface area contributed by atoms with Crippen LogP contribution in [0.15, 0.2) is 59.1 Å². The highest BCUT2D eigenvalue weighted by atomic mass is 79.9. The van der Waals surface area contributed by atoms with Gasteiger partial charge in [0.05, 0.1) is 12.7 Å². The van der Waals surface area contributed by atoms with Crippen molar-refractivity contribution in [2.45, 2.75) is 71.8 Å². The van der Waals surface area contributed by atoms with E-state index in [0.717, 1.165) is 64.4 Å². The summed E-state index contributed by atoms with van der Waals surface area (Å²) in [7, 11) is -3.49. The molecule has 1 aliphatic heterocycles. The lowest BCUT2D eigenvalue weighted by molar-refractivity contribution is 0.134. The number of rotatable bonds is 7. The molecule has 3 aromatic carbocycles. The summed E-state index contributed by atoms with van der Waals surface area (Å²) in [6.45, 7) is 8.70. The third-order valence-electron chi connectivity index (χ3n) is 7.06. The van der Waals surface area contributed by atoms with Crippen LogP contribution < -0.4 is 4.74 Å². The van der Waals surface area contributed by atoms with Crippen molar-refractivity contribution < 1.29 is 23.5 Å². The SMILES string of the molecule is Cc1cc(OCP2(=O)OCCCCCC(c3cccc(Br)c3)O2)cc(C)c1Cc1ccc(O)c(C(C)C)c1. The van der Waals surface area contributed by atoms with Crippen LogP contribution in [0, 0.1) is 13.8 Å². The second-order valence-corrected chi connectivity index (χ2v) is 13.3. The first-order valence-corrected chi connectivity index (χ1v) is 15.9. The van der Waals surface area contributed by atoms with E-state index in [1.807, 2.05) is 42.5 Å². The predicted molar refractivity (Wildman–Crippen MR) is 156 cm³/mol. The third-order valence-corrected chi connectivity index (χ3v) is 9.15. The minimum atomic E-state index is -3.49. The smallest absolute Gasteiger partial charge is 0.368 e. The molecule has 1 fully saturated rings. The molecule has 1 heterocycles. The van der Waals surface area contributed by atoms with Crippen LogP contribution in [0.4, 0.5) is 0 Å². The third kappa shape index (κ3) is 7.51. The quantitative estimate of drug-likeness (QED) is 0.274. The van der Waals surface area contributed by atoms with Gasteiger partial charge in [0.1, 0.15) is 11.5 Å². The van der Waals surface area contributed by atoms with Gasteiger partial charge in [-0.05, 0) is 103 Å². The fraction of sp³-hybridized carbons (Fsp3) is 0.419. The van der Waals surface area contributed by atoms with E-state index in [1.165, 1.54) is 5.56 Å². The monoisotopic (exact) mass is 600 g/mol. The Morgan fingerprint density at radius 2 is 1.82 bits per heavy atom. The number of ether oxygens (including phenoxy) is 1. The molecule has 38 heavy (non-hydrogen) atoms. The summed E-state index contributed by atoms with van der Waals surface area (Å²) in [5.74, 6) is 1.24. The number of halogens is 1. The van der Waals surface area contributed by atoms with Gasteiger partial charge in [-0.2, -0.15) is 0 Å². The van der Waals surface area contributed by atoms with Crippen LogP contribution in [0.1, 0.15) is 84.9 Å². The van der Waals surface area contributed by atoms with Crippen LogP contribution in [0.5, 0.6) is 11.5 Å². The molecule has 0 aliphatic carbocycles. The predicted octanol–water partition coefficient (Wildman–Crippen LogP) is 9.36. The van der Waals surface area contributed by atoms with E-state index in [4.69, 9.17) is 13.8 Å². The van der Waals surface area contributed by atoms with Crippen molar-refractivity contribution in [3.05, 3.63) is 92.5 Å². The highest BCUT2D eigenvalue weighted by Crippen LogP contribution is 2.54. The topological polar surface area (TPSA) is 65.0 Å². The van der Waals surface area contributed by atoms with Crippen LogP contribution in [-0.2, 0) is 20.0 Å². The lowest BCUT2D eigenvalue weighted by Gasteiger charge is -2.24. The van der Waals surface area contributed by atoms with Gasteiger partial charge in [-0.25, -0.2) is 0 Å². The molecule has 2 unspecified atom stereocenters. The summed E-state index contributed by atoms with van der Waals surface area (Å²) in [5, 5.41) is 10.2. The van der Waals surface area contributed by atoms with Crippen molar-refractivity contribution in [2.75, 3.05) is 13.0 Å². The average molecular weight is 602 g/mol. The van der Waals surface area contributed by atoms with Gasteiger partial charge < -0.3 is 14.4 Å². The highest BCUT2D eigenvalue weighted by Gasteiger charge is 2.32. The summed E-state index contributed by atoms with van der Waals surface area (Å²) in [6, 6.07) is 17.8. The first-order valence-electron chi connectivity index (χ1n) is 13.4. The van der Waals surface area contributed by atoms with Crippen molar-refractivity contribution >= 4 is 23.5 Å². The molecule has 0 spiro atoms. The van der Waals surface area contributed by atoms with Crippen molar-refractivity contribution in [1.29, 1.82) is 0 Å². The van der Waals surface area contributed by atoms with Gasteiger partial charge in [0.2, 0.25) is 0 Å². The maximum Gasteiger partial charge on any atom is 0.368 e. The van der Waals surface area contributed by atoms with Gasteiger partial charge in [-0.1, -0.05) is 66.9 Å². The normalized spacial score (nSPS) is 20.5. The zero-order valence-corrected chi connectivity index (χ0v) is 25.2. The van der Waals surface area contributed by atoms with E-state index in [0.29, 0.717) is 18.1 Å². The minimum Gasteiger partial charge on any atom is -0.508 e. The van der Waals surface area contributed by atoms with Crippen LogP contribution in [0.3, 0.4) is 0 Å². The van der Waals surface area contributed by atoms with E-state index in [1.54, 1.807) is 6.07 Å². The largest absolute Gasteiger partial charge is 0.508 e. The van der Waals surface area contributed by atoms with Gasteiger partial charge in [0.25, 0.3) is 0 Å². The Hall–Kier alpha value is -2.11. The highest BCUT2D eigenvalue weighted by molar-refractivity contribution is 9.10. The average Bonchev–Trinajstić information content (AvgIpc) is 2.96. The van der Waals surface area contributed by atoms with Gasteiger partial charge in [0, 0.05) is 4.47 Å². The van der Waals surface area contributed by atoms with E-state index in [2.05, 4.69) is 49.7 Å². The molecule has 3 aromatic rings. The number of aryl methyl sites for hydroxylation is 2. The van der Waals surface area contributed by atoms with E-state index >= 15 is 0 Å². The van der Waals surface area contributed by atoms with E-state index in [9.17, 15) is 9.67 Å². The van der Waals surface area contributed by atoms with Gasteiger partial charge in [0.15, 0.2) is 6.35 Å². The summed E-state index contributed by atoms with van der Waals surface area (Å²) < 4.78 is 32.9. The maximum absolute atomic E-state index is 13.8. The number of hydrogen-bond donors (Lipinski definition) is 1. The number of hydrogen-bond acceptors (Lipinski definition) is 5. The molecular weight excluding hydrogens is 563 g/mol. The molecule has 0 amide bonds. The summed E-state index contributed by atoms with van der Waals surface area (Å²) in [5.41, 5.74) is 6.51. The standard InChI is InChI=1S/C31H38BrO5P/c1-21(2)28-17-24(12-13-30(28)33)18-29-22(3)15-27(16-23(29)4)35-20-38(34)36-14-7-5-6-11-31(37-38)25-9-8-10-26(32)19-25/h8-10,12-13,15-17,19,21,31,33H,5-7,11,14,18,20H2,1-4H3. The Labute approximate surface area is 235 Å². The van der Waals surface area contributed by atoms with E-state index in [-0.39, 0.29) is 18.4 Å². The Kier molecular flexibility index (Phi) is 9.75. The molecular formula is C31H38BrO5P. The minimum absolute atomic E-state index is 0.133. The zero-order chi connectivity index (χ0) is 27.3. The fourth-order valence-corrected chi connectivity index (χ4v) is 6.88. The van der Waals surface area contributed by atoms with Gasteiger partial charge in [-0.15, -0.1) is 0 Å². The second-order valence-electron chi connectivity index (χ2n) is 10.5. The number of phenolic OH excluding ortho intramolecular Hbond substituents is 1. The first kappa shape index (κ1) is 28.9. The molecule has 1 aliphatic rings. The zero-order valence-electron chi connectivity index (χ0n) is 22.7. The Balaban J connectivity index is 1.50. The van der Waals surface area contributed by atoms with Crippen molar-refractivity contribution in [3.63, 3.8) is 0 Å². The lowest BCUT2D eigenvalue weighted by Crippen LogP contribution is -2.10. The molecule has 0 saturated carbocycles. The molecule has 7 heteroatoms. The maximum atomic E-state index is 13.8. The van der Waals surface area contributed by atoms with Crippen LogP contribution in [-0.4, -0.2) is 18.1 Å². The molecule has 4 rings (SSSR count). The van der Waals surface area contributed by atoms with Gasteiger partial charge >= 0.3 is 7.60 Å². The molecule has 204 valence electrons. The number of benzene rings is 3. The Morgan fingerprint density at radius 3 is 2.53 bits per heavy atom. The van der Waals surface area contributed by atoms with Crippen molar-refractivity contribution in [2.24, 2.45) is 0 Å². The second kappa shape index (κ2) is 12.8. The molecule has 0 aromatic heterocycles. The van der Waals surface area contributed by atoms with Crippen molar-refractivity contribution in [1.82, 2.24) is 0 Å². The Morgan fingerprint density at radius 1 is 1.05 bits per heavy atom. The summed E-state index contributed by atoms with van der Waals surface area (Å²) in [6.07, 6.45) is 3.94. The van der Waals surface area contributed by atoms with E-state index < -0.39 is 7.60 Å². The molecule has 1 saturated heterocycles. The van der Waals surface area contributed by atoms with Crippen LogP contribution in [0.25, 0.3) is 0 Å². The Bertz CT molecular complexity index is 1280. The fourth-order valence-electron chi connectivity index (χ4n) is 4.94. The lowest BCUT2D eigenvalue weighted by atomic mass is 9.93. The van der Waals surface area contributed by atoms with Crippen molar-refractivity contribution in [3.8, 4) is 11.5 Å². The molecule has 2 atom stereocenters. The number of aromatic hydroxyl groups is 1. The first-order chi connectivity index (χ1) is 18.1.